The Morgan fingerprint density at radius 1 is 1.27 bits per heavy atom. The van der Waals surface area contributed by atoms with E-state index in [-0.39, 0.29) is 6.29 Å². The van der Waals surface area contributed by atoms with Crippen molar-refractivity contribution in [3.8, 4) is 11.8 Å². The van der Waals surface area contributed by atoms with Gasteiger partial charge in [0, 0.05) is 10.2 Å². The topological polar surface area (TPSA) is 89.6 Å². The molecule has 2 aromatic rings. The number of hydrogen-bond acceptors (Lipinski definition) is 7. The molecule has 1 saturated heterocycles. The number of benzene rings is 2. The van der Waals surface area contributed by atoms with Gasteiger partial charge >= 0.3 is 0 Å². The van der Waals surface area contributed by atoms with Crippen LogP contribution in [0.3, 0.4) is 0 Å². The van der Waals surface area contributed by atoms with Crippen LogP contribution in [0.1, 0.15) is 16.7 Å². The number of hydrogen-bond donors (Lipinski definition) is 3. The summed E-state index contributed by atoms with van der Waals surface area (Å²) in [6.07, 6.45) is -0.241. The molecule has 0 spiro atoms. The van der Waals surface area contributed by atoms with Crippen molar-refractivity contribution in [1.82, 2.24) is 15.4 Å². The molecule has 4 N–H and O–H groups in total. The summed E-state index contributed by atoms with van der Waals surface area (Å²) < 4.78 is 1.03. The predicted molar refractivity (Wildman–Crippen MR) is 104 cm³/mol. The van der Waals surface area contributed by atoms with Crippen molar-refractivity contribution in [2.45, 2.75) is 20.1 Å². The van der Waals surface area contributed by atoms with Gasteiger partial charge in [0.15, 0.2) is 5.75 Å². The number of nitriles is 1. The first-order valence-corrected chi connectivity index (χ1v) is 8.96. The normalized spacial score (nSPS) is 18.3. The number of rotatable bonds is 4. The average Bonchev–Trinajstić information content (AvgIpc) is 2.61. The molecule has 8 heteroatoms. The fourth-order valence-electron chi connectivity index (χ4n) is 2.78. The SMILES string of the molecule is Cc1cc(Br)cc(C)c1ON1CNC(Nc2ccc(C#N)cc2)N(N)C1. The highest BCUT2D eigenvalue weighted by Gasteiger charge is 2.26. The first kappa shape index (κ1) is 18.6. The fraction of sp³-hybridized carbons (Fsp3) is 0.278. The lowest BCUT2D eigenvalue weighted by atomic mass is 10.1. The third-order valence-corrected chi connectivity index (χ3v) is 4.53. The van der Waals surface area contributed by atoms with Gasteiger partial charge in [-0.3, -0.25) is 11.2 Å². The van der Waals surface area contributed by atoms with E-state index in [0.29, 0.717) is 18.9 Å². The Hall–Kier alpha value is -2.15. The fourth-order valence-corrected chi connectivity index (χ4v) is 3.47. The van der Waals surface area contributed by atoms with Gasteiger partial charge < -0.3 is 10.2 Å². The molecule has 136 valence electrons. The van der Waals surface area contributed by atoms with Gasteiger partial charge in [0.1, 0.15) is 13.0 Å². The number of nitrogens with two attached hydrogens (primary N) is 1. The van der Waals surface area contributed by atoms with Gasteiger partial charge in [-0.15, -0.1) is 5.06 Å². The smallest absolute Gasteiger partial charge is 0.153 e. The number of nitrogens with zero attached hydrogens (tertiary/aromatic N) is 3. The minimum Gasteiger partial charge on any atom is -0.403 e. The predicted octanol–water partition coefficient (Wildman–Crippen LogP) is 2.62. The van der Waals surface area contributed by atoms with Crippen LogP contribution >= 0.6 is 15.9 Å². The summed E-state index contributed by atoms with van der Waals surface area (Å²) in [5.74, 6) is 6.99. The van der Waals surface area contributed by atoms with Gasteiger partial charge in [-0.1, -0.05) is 15.9 Å². The zero-order chi connectivity index (χ0) is 18.7. The van der Waals surface area contributed by atoms with Crippen LogP contribution in [0.4, 0.5) is 5.69 Å². The summed E-state index contributed by atoms with van der Waals surface area (Å²) in [7, 11) is 0. The van der Waals surface area contributed by atoms with Crippen molar-refractivity contribution in [1.29, 1.82) is 5.26 Å². The second-order valence-corrected chi connectivity index (χ2v) is 7.11. The highest BCUT2D eigenvalue weighted by Crippen LogP contribution is 2.28. The van der Waals surface area contributed by atoms with Crippen LogP contribution in [-0.4, -0.2) is 29.7 Å². The van der Waals surface area contributed by atoms with Crippen LogP contribution < -0.4 is 21.3 Å². The first-order chi connectivity index (χ1) is 12.5. The third kappa shape index (κ3) is 4.33. The number of hydrazine groups is 1. The van der Waals surface area contributed by atoms with Crippen LogP contribution in [0.2, 0.25) is 0 Å². The lowest BCUT2D eigenvalue weighted by Crippen LogP contribution is -2.65. The lowest BCUT2D eigenvalue weighted by molar-refractivity contribution is -0.142. The molecule has 1 aliphatic heterocycles. The van der Waals surface area contributed by atoms with Gasteiger partial charge in [-0.05, 0) is 61.4 Å². The number of hydroxylamine groups is 2. The zero-order valence-corrected chi connectivity index (χ0v) is 16.2. The summed E-state index contributed by atoms with van der Waals surface area (Å²) in [6, 6.07) is 13.4. The zero-order valence-electron chi connectivity index (χ0n) is 14.7. The molecule has 1 unspecified atom stereocenters. The number of anilines is 1. The van der Waals surface area contributed by atoms with Crippen molar-refractivity contribution in [2.24, 2.45) is 5.84 Å². The van der Waals surface area contributed by atoms with Crippen molar-refractivity contribution < 1.29 is 4.84 Å². The van der Waals surface area contributed by atoms with Crippen molar-refractivity contribution in [2.75, 3.05) is 18.7 Å². The van der Waals surface area contributed by atoms with Crippen LogP contribution in [-0.2, 0) is 0 Å². The first-order valence-electron chi connectivity index (χ1n) is 8.17. The molecule has 3 rings (SSSR count). The minimum absolute atomic E-state index is 0.241. The number of nitrogens with one attached hydrogen (secondary N) is 2. The quantitative estimate of drug-likeness (QED) is 0.659. The Labute approximate surface area is 161 Å². The maximum Gasteiger partial charge on any atom is 0.153 e. The molecule has 1 aliphatic rings. The largest absolute Gasteiger partial charge is 0.403 e. The van der Waals surface area contributed by atoms with Crippen molar-refractivity contribution in [3.05, 3.63) is 57.6 Å². The lowest BCUT2D eigenvalue weighted by Gasteiger charge is -2.39. The van der Waals surface area contributed by atoms with Gasteiger partial charge in [-0.25, -0.2) is 0 Å². The van der Waals surface area contributed by atoms with Gasteiger partial charge in [0.25, 0.3) is 0 Å². The molecule has 0 saturated carbocycles. The molecule has 0 bridgehead atoms. The van der Waals surface area contributed by atoms with Crippen LogP contribution in [0.15, 0.2) is 40.9 Å². The maximum atomic E-state index is 8.86. The number of aryl methyl sites for hydroxylation is 2. The summed E-state index contributed by atoms with van der Waals surface area (Å²) in [5.41, 5.74) is 3.61. The van der Waals surface area contributed by atoms with E-state index in [0.717, 1.165) is 27.0 Å². The summed E-state index contributed by atoms with van der Waals surface area (Å²) in [4.78, 5) is 6.04. The van der Waals surface area contributed by atoms with Crippen molar-refractivity contribution >= 4 is 21.6 Å². The van der Waals surface area contributed by atoms with E-state index >= 15 is 0 Å². The highest BCUT2D eigenvalue weighted by molar-refractivity contribution is 9.10. The Morgan fingerprint density at radius 3 is 2.50 bits per heavy atom. The molecule has 2 aromatic carbocycles. The third-order valence-electron chi connectivity index (χ3n) is 4.08. The Morgan fingerprint density at radius 2 is 1.92 bits per heavy atom. The molecule has 1 atom stereocenters. The van der Waals surface area contributed by atoms with Crippen molar-refractivity contribution in [3.63, 3.8) is 0 Å². The maximum absolute atomic E-state index is 8.86. The minimum atomic E-state index is -0.241. The standard InChI is InChI=1S/C18H21BrN6O/c1-12-7-15(19)8-13(2)17(12)26-24-10-22-18(25(21)11-24)23-16-5-3-14(9-20)4-6-16/h3-8,18,22-23H,10-11,21H2,1-2H3. The Bertz CT molecular complexity index is 796. The molecule has 7 nitrogen and oxygen atoms in total. The molecule has 1 heterocycles. The van der Waals surface area contributed by atoms with E-state index in [4.69, 9.17) is 15.9 Å². The highest BCUT2D eigenvalue weighted by atomic mass is 79.9. The van der Waals surface area contributed by atoms with E-state index in [1.54, 1.807) is 22.2 Å². The second kappa shape index (κ2) is 8.03. The molecule has 0 radical (unpaired) electrons. The number of halogens is 1. The summed E-state index contributed by atoms with van der Waals surface area (Å²) in [5, 5.41) is 18.8. The monoisotopic (exact) mass is 416 g/mol. The van der Waals surface area contributed by atoms with Crippen LogP contribution in [0.25, 0.3) is 0 Å². The molecule has 26 heavy (non-hydrogen) atoms. The second-order valence-electron chi connectivity index (χ2n) is 6.20. The van der Waals surface area contributed by atoms with E-state index < -0.39 is 0 Å². The molecular weight excluding hydrogens is 396 g/mol. The molecule has 0 amide bonds. The Balaban J connectivity index is 1.60. The molecule has 0 aromatic heterocycles. The van der Waals surface area contributed by atoms with Gasteiger partial charge in [0.2, 0.25) is 0 Å². The summed E-state index contributed by atoms with van der Waals surface area (Å²) >= 11 is 3.49. The molecular formula is C18H21BrN6O. The van der Waals surface area contributed by atoms with E-state index in [1.807, 2.05) is 38.1 Å². The molecule has 1 fully saturated rings. The van der Waals surface area contributed by atoms with E-state index in [1.165, 1.54) is 0 Å². The Kier molecular flexibility index (Phi) is 5.76. The van der Waals surface area contributed by atoms with Gasteiger partial charge in [0.05, 0.1) is 18.3 Å². The molecule has 0 aliphatic carbocycles. The van der Waals surface area contributed by atoms with E-state index in [2.05, 4.69) is 32.6 Å². The van der Waals surface area contributed by atoms with Crippen LogP contribution in [0, 0.1) is 25.2 Å². The van der Waals surface area contributed by atoms with E-state index in [9.17, 15) is 0 Å². The summed E-state index contributed by atoms with van der Waals surface area (Å²) in [6.45, 7) is 4.96. The van der Waals surface area contributed by atoms with Gasteiger partial charge in [-0.2, -0.15) is 10.3 Å². The average molecular weight is 417 g/mol. The van der Waals surface area contributed by atoms with Crippen LogP contribution in [0.5, 0.6) is 5.75 Å².